The quantitative estimate of drug-likeness (QED) is 0.786. The van der Waals surface area contributed by atoms with Gasteiger partial charge in [-0.15, -0.1) is 0 Å². The molecule has 2 aromatic heterocycles. The molecule has 3 heterocycles. The van der Waals surface area contributed by atoms with Crippen LogP contribution in [0.25, 0.3) is 22.3 Å². The Balaban J connectivity index is 1.91. The maximum atomic E-state index is 6.15. The number of likely N-dealkylation sites (N-methyl/N-ethyl adjacent to an activating group) is 1. The highest BCUT2D eigenvalue weighted by Gasteiger charge is 2.25. The molecule has 0 amide bonds. The third kappa shape index (κ3) is 2.45. The maximum Gasteiger partial charge on any atom is 0.164 e. The molecule has 0 saturated carbocycles. The zero-order valence-electron chi connectivity index (χ0n) is 13.2. The fraction of sp³-hybridized carbons (Fsp3) is 0.353. The molecule has 0 bridgehead atoms. The van der Waals surface area contributed by atoms with Crippen LogP contribution < -0.4 is 5.73 Å². The molecule has 23 heavy (non-hydrogen) atoms. The minimum absolute atomic E-state index is 0.322. The van der Waals surface area contributed by atoms with Crippen molar-refractivity contribution in [3.63, 3.8) is 0 Å². The third-order valence-electron chi connectivity index (χ3n) is 4.51. The SMILES string of the molecule is CN1CCCC(n2nc(-c3ccccc3)c3c(N)ncnc32)C1. The molecule has 0 aliphatic carbocycles. The molecule has 118 valence electrons. The van der Waals surface area contributed by atoms with Gasteiger partial charge in [0, 0.05) is 12.1 Å². The van der Waals surface area contributed by atoms with Crippen LogP contribution in [0.2, 0.25) is 0 Å². The van der Waals surface area contributed by atoms with Crippen LogP contribution in [-0.4, -0.2) is 44.8 Å². The monoisotopic (exact) mass is 308 g/mol. The van der Waals surface area contributed by atoms with Gasteiger partial charge in [-0.05, 0) is 26.4 Å². The lowest BCUT2D eigenvalue weighted by atomic mass is 10.1. The fourth-order valence-electron chi connectivity index (χ4n) is 3.39. The number of likely N-dealkylation sites (tertiary alicyclic amines) is 1. The molecule has 1 saturated heterocycles. The Labute approximate surface area is 135 Å². The molecule has 1 aliphatic heterocycles. The first-order valence-electron chi connectivity index (χ1n) is 7.96. The predicted octanol–water partition coefficient (Wildman–Crippen LogP) is 2.34. The average molecular weight is 308 g/mol. The molecular weight excluding hydrogens is 288 g/mol. The van der Waals surface area contributed by atoms with Crippen molar-refractivity contribution in [2.24, 2.45) is 0 Å². The summed E-state index contributed by atoms with van der Waals surface area (Å²) in [5.74, 6) is 0.490. The van der Waals surface area contributed by atoms with E-state index in [9.17, 15) is 0 Å². The lowest BCUT2D eigenvalue weighted by Gasteiger charge is -2.29. The summed E-state index contributed by atoms with van der Waals surface area (Å²) in [6.45, 7) is 2.12. The summed E-state index contributed by atoms with van der Waals surface area (Å²) in [6, 6.07) is 10.4. The van der Waals surface area contributed by atoms with E-state index in [-0.39, 0.29) is 0 Å². The Morgan fingerprint density at radius 2 is 2.00 bits per heavy atom. The van der Waals surface area contributed by atoms with E-state index in [4.69, 9.17) is 10.8 Å². The molecule has 4 rings (SSSR count). The zero-order valence-corrected chi connectivity index (χ0v) is 13.2. The Kier molecular flexibility index (Phi) is 3.46. The number of hydrogen-bond acceptors (Lipinski definition) is 5. The van der Waals surface area contributed by atoms with Gasteiger partial charge >= 0.3 is 0 Å². The van der Waals surface area contributed by atoms with Crippen LogP contribution in [0.3, 0.4) is 0 Å². The molecule has 1 aromatic carbocycles. The standard InChI is InChI=1S/C17H20N6/c1-22-9-5-8-13(10-22)23-17-14(16(18)19-11-20-17)15(21-23)12-6-3-2-4-7-12/h2-4,6-7,11,13H,5,8-10H2,1H3,(H2,18,19,20). The van der Waals surface area contributed by atoms with Gasteiger partial charge < -0.3 is 10.6 Å². The summed E-state index contributed by atoms with van der Waals surface area (Å²) in [4.78, 5) is 11.0. The summed E-state index contributed by atoms with van der Waals surface area (Å²) in [5.41, 5.74) is 8.89. The van der Waals surface area contributed by atoms with Crippen LogP contribution in [0, 0.1) is 0 Å². The first-order valence-corrected chi connectivity index (χ1v) is 7.96. The van der Waals surface area contributed by atoms with Crippen molar-refractivity contribution in [2.45, 2.75) is 18.9 Å². The van der Waals surface area contributed by atoms with Gasteiger partial charge in [0.2, 0.25) is 0 Å². The van der Waals surface area contributed by atoms with Gasteiger partial charge in [-0.1, -0.05) is 30.3 Å². The van der Waals surface area contributed by atoms with Crippen molar-refractivity contribution in [1.29, 1.82) is 0 Å². The van der Waals surface area contributed by atoms with Crippen molar-refractivity contribution in [3.8, 4) is 11.3 Å². The molecule has 6 nitrogen and oxygen atoms in total. The van der Waals surface area contributed by atoms with Crippen molar-refractivity contribution in [3.05, 3.63) is 36.7 Å². The number of fused-ring (bicyclic) bond motifs is 1. The average Bonchev–Trinajstić information content (AvgIpc) is 2.97. The Hall–Kier alpha value is -2.47. The van der Waals surface area contributed by atoms with Gasteiger partial charge in [0.05, 0.1) is 11.4 Å². The van der Waals surface area contributed by atoms with E-state index >= 15 is 0 Å². The number of piperidine rings is 1. The molecular formula is C17H20N6. The molecule has 0 spiro atoms. The predicted molar refractivity (Wildman–Crippen MR) is 90.9 cm³/mol. The van der Waals surface area contributed by atoms with Crippen LogP contribution >= 0.6 is 0 Å². The number of aromatic nitrogens is 4. The Morgan fingerprint density at radius 3 is 2.78 bits per heavy atom. The summed E-state index contributed by atoms with van der Waals surface area (Å²) in [7, 11) is 2.15. The van der Waals surface area contributed by atoms with Crippen LogP contribution in [0.5, 0.6) is 0 Å². The minimum Gasteiger partial charge on any atom is -0.383 e. The smallest absolute Gasteiger partial charge is 0.164 e. The molecule has 0 radical (unpaired) electrons. The molecule has 6 heteroatoms. The normalized spacial score (nSPS) is 19.3. The number of hydrogen-bond donors (Lipinski definition) is 1. The van der Waals surface area contributed by atoms with E-state index in [0.717, 1.165) is 41.8 Å². The van der Waals surface area contributed by atoms with E-state index in [0.29, 0.717) is 11.9 Å². The molecule has 1 fully saturated rings. The Morgan fingerprint density at radius 1 is 1.17 bits per heavy atom. The van der Waals surface area contributed by atoms with Gasteiger partial charge in [0.15, 0.2) is 5.65 Å². The first-order chi connectivity index (χ1) is 11.2. The van der Waals surface area contributed by atoms with Crippen molar-refractivity contribution >= 4 is 16.9 Å². The topological polar surface area (TPSA) is 72.9 Å². The van der Waals surface area contributed by atoms with Crippen molar-refractivity contribution in [2.75, 3.05) is 25.9 Å². The minimum atomic E-state index is 0.322. The van der Waals surface area contributed by atoms with Crippen LogP contribution in [0.1, 0.15) is 18.9 Å². The summed E-state index contributed by atoms with van der Waals surface area (Å²) in [5, 5.41) is 5.74. The number of nitrogen functional groups attached to an aromatic ring is 1. The largest absolute Gasteiger partial charge is 0.383 e. The van der Waals surface area contributed by atoms with Gasteiger partial charge in [0.25, 0.3) is 0 Å². The number of nitrogens with zero attached hydrogens (tertiary/aromatic N) is 5. The maximum absolute atomic E-state index is 6.15. The first kappa shape index (κ1) is 14.1. The third-order valence-corrected chi connectivity index (χ3v) is 4.51. The number of benzene rings is 1. The van der Waals surface area contributed by atoms with Crippen LogP contribution in [-0.2, 0) is 0 Å². The number of anilines is 1. The van der Waals surface area contributed by atoms with Gasteiger partial charge in [-0.2, -0.15) is 5.10 Å². The fourth-order valence-corrected chi connectivity index (χ4v) is 3.39. The lowest BCUT2D eigenvalue weighted by Crippen LogP contribution is -2.34. The highest BCUT2D eigenvalue weighted by Crippen LogP contribution is 2.33. The lowest BCUT2D eigenvalue weighted by molar-refractivity contribution is 0.205. The van der Waals surface area contributed by atoms with Crippen molar-refractivity contribution in [1.82, 2.24) is 24.6 Å². The Bertz CT molecular complexity index is 826. The van der Waals surface area contributed by atoms with Gasteiger partial charge in [-0.25, -0.2) is 14.6 Å². The van der Waals surface area contributed by atoms with E-state index < -0.39 is 0 Å². The van der Waals surface area contributed by atoms with E-state index in [2.05, 4.69) is 21.9 Å². The second kappa shape index (κ2) is 5.62. The number of nitrogens with two attached hydrogens (primary N) is 1. The molecule has 1 aliphatic rings. The van der Waals surface area contributed by atoms with Crippen LogP contribution in [0.15, 0.2) is 36.7 Å². The summed E-state index contributed by atoms with van der Waals surface area (Å²) < 4.78 is 2.05. The molecule has 1 atom stereocenters. The van der Waals surface area contributed by atoms with Crippen LogP contribution in [0.4, 0.5) is 5.82 Å². The zero-order chi connectivity index (χ0) is 15.8. The van der Waals surface area contributed by atoms with E-state index in [1.807, 2.05) is 35.0 Å². The molecule has 3 aromatic rings. The van der Waals surface area contributed by atoms with Gasteiger partial charge in [-0.3, -0.25) is 0 Å². The summed E-state index contributed by atoms with van der Waals surface area (Å²) in [6.07, 6.45) is 3.81. The van der Waals surface area contributed by atoms with Gasteiger partial charge in [0.1, 0.15) is 17.8 Å². The highest BCUT2D eigenvalue weighted by atomic mass is 15.3. The van der Waals surface area contributed by atoms with E-state index in [1.54, 1.807) is 0 Å². The number of rotatable bonds is 2. The highest BCUT2D eigenvalue weighted by molar-refractivity contribution is 5.98. The summed E-state index contributed by atoms with van der Waals surface area (Å²) >= 11 is 0. The second-order valence-corrected chi connectivity index (χ2v) is 6.18. The molecule has 1 unspecified atom stereocenters. The second-order valence-electron chi connectivity index (χ2n) is 6.18. The molecule has 2 N–H and O–H groups in total. The van der Waals surface area contributed by atoms with Crippen molar-refractivity contribution < 1.29 is 0 Å². The van der Waals surface area contributed by atoms with E-state index in [1.165, 1.54) is 12.7 Å².